The number of anilines is 1. The van der Waals surface area contributed by atoms with Gasteiger partial charge in [0.05, 0.1) is 0 Å². The van der Waals surface area contributed by atoms with Crippen molar-refractivity contribution < 1.29 is 9.59 Å². The lowest BCUT2D eigenvalue weighted by atomic mass is 9.95. The number of carbonyl (C=O) groups is 2. The van der Waals surface area contributed by atoms with Crippen LogP contribution >= 0.6 is 0 Å². The summed E-state index contributed by atoms with van der Waals surface area (Å²) in [5.74, 6) is 2.13. The lowest BCUT2D eigenvalue weighted by molar-refractivity contribution is -0.118. The maximum absolute atomic E-state index is 12.6. The lowest BCUT2D eigenvalue weighted by Crippen LogP contribution is -2.31. The second-order valence-electron chi connectivity index (χ2n) is 6.44. The molecule has 3 nitrogen and oxygen atoms in total. The van der Waals surface area contributed by atoms with E-state index in [1.54, 1.807) is 4.90 Å². The van der Waals surface area contributed by atoms with Gasteiger partial charge in [0, 0.05) is 30.6 Å². The maximum atomic E-state index is 12.6. The first-order valence-electron chi connectivity index (χ1n) is 7.60. The van der Waals surface area contributed by atoms with Crippen LogP contribution in [-0.4, -0.2) is 18.7 Å². The van der Waals surface area contributed by atoms with Gasteiger partial charge in [0.2, 0.25) is 5.91 Å². The predicted octanol–water partition coefficient (Wildman–Crippen LogP) is 2.82. The minimum atomic E-state index is 0.160. The van der Waals surface area contributed by atoms with E-state index in [4.69, 9.17) is 0 Å². The van der Waals surface area contributed by atoms with Crippen molar-refractivity contribution in [3.8, 4) is 0 Å². The van der Waals surface area contributed by atoms with Gasteiger partial charge >= 0.3 is 0 Å². The highest BCUT2D eigenvalue weighted by molar-refractivity contribution is 6.02. The summed E-state index contributed by atoms with van der Waals surface area (Å²) in [5.41, 5.74) is 2.96. The molecule has 2 saturated carbocycles. The first-order valence-corrected chi connectivity index (χ1v) is 7.60. The van der Waals surface area contributed by atoms with Gasteiger partial charge in [0.1, 0.15) is 0 Å². The van der Waals surface area contributed by atoms with Gasteiger partial charge < -0.3 is 4.90 Å². The molecule has 0 spiro atoms. The molecule has 0 bridgehead atoms. The van der Waals surface area contributed by atoms with Crippen molar-refractivity contribution in [3.05, 3.63) is 29.3 Å². The van der Waals surface area contributed by atoms with Crippen LogP contribution in [0.25, 0.3) is 0 Å². The molecular weight excluding hydrogens is 250 g/mol. The Bertz CT molecular complexity index is 597. The fourth-order valence-electron chi connectivity index (χ4n) is 4.21. The molecule has 0 aromatic heterocycles. The van der Waals surface area contributed by atoms with E-state index in [1.807, 2.05) is 25.2 Å². The Morgan fingerprint density at radius 3 is 2.70 bits per heavy atom. The van der Waals surface area contributed by atoms with Gasteiger partial charge in [0.25, 0.3) is 0 Å². The number of Topliss-reactive ketones (excluding diaryl/α,β-unsaturated/α-hetero) is 1. The monoisotopic (exact) mass is 269 g/mol. The molecule has 1 heterocycles. The van der Waals surface area contributed by atoms with Gasteiger partial charge in [-0.2, -0.15) is 0 Å². The minimum absolute atomic E-state index is 0.160. The summed E-state index contributed by atoms with van der Waals surface area (Å²) in [6.07, 6.45) is 5.09. The summed E-state index contributed by atoms with van der Waals surface area (Å²) >= 11 is 0. The van der Waals surface area contributed by atoms with E-state index >= 15 is 0 Å². The van der Waals surface area contributed by atoms with Crippen molar-refractivity contribution in [2.45, 2.75) is 32.1 Å². The van der Waals surface area contributed by atoms with Gasteiger partial charge in [0.15, 0.2) is 5.78 Å². The molecule has 3 heteroatoms. The van der Waals surface area contributed by atoms with Crippen LogP contribution in [0.5, 0.6) is 0 Å². The van der Waals surface area contributed by atoms with Gasteiger partial charge in [-0.3, -0.25) is 9.59 Å². The van der Waals surface area contributed by atoms with Crippen LogP contribution in [0.3, 0.4) is 0 Å². The van der Waals surface area contributed by atoms with Crippen LogP contribution in [-0.2, 0) is 11.2 Å². The summed E-state index contributed by atoms with van der Waals surface area (Å²) in [7, 11) is 1.81. The molecule has 3 aliphatic rings. The van der Waals surface area contributed by atoms with Gasteiger partial charge in [-0.15, -0.1) is 0 Å². The van der Waals surface area contributed by atoms with Crippen molar-refractivity contribution >= 4 is 17.4 Å². The smallest absolute Gasteiger partial charge is 0.227 e. The van der Waals surface area contributed by atoms with Crippen LogP contribution in [0.2, 0.25) is 0 Å². The normalized spacial score (nSPS) is 30.9. The summed E-state index contributed by atoms with van der Waals surface area (Å²) in [6, 6.07) is 5.87. The zero-order valence-electron chi connectivity index (χ0n) is 11.8. The molecular formula is C17H19NO2. The summed E-state index contributed by atoms with van der Waals surface area (Å²) in [6.45, 7) is 0. The second-order valence-corrected chi connectivity index (χ2v) is 6.44. The number of amides is 1. The van der Waals surface area contributed by atoms with Crippen LogP contribution in [0.1, 0.15) is 41.6 Å². The fraction of sp³-hybridized carbons (Fsp3) is 0.529. The number of fused-ring (bicyclic) bond motifs is 2. The number of carbonyl (C=O) groups excluding carboxylic acids is 2. The third-order valence-corrected chi connectivity index (χ3v) is 5.42. The second kappa shape index (κ2) is 4.18. The number of ketones is 1. The van der Waals surface area contributed by atoms with E-state index in [1.165, 1.54) is 19.3 Å². The van der Waals surface area contributed by atoms with Crippen molar-refractivity contribution in [2.24, 2.45) is 17.8 Å². The van der Waals surface area contributed by atoms with E-state index in [-0.39, 0.29) is 5.91 Å². The minimum Gasteiger partial charge on any atom is -0.315 e. The quantitative estimate of drug-likeness (QED) is 0.774. The first kappa shape index (κ1) is 12.1. The standard InChI is InChI=1S/C17H19NO2/c1-18-14-7-5-11(9-10(14)6-8-15(18)19)17(20)16-12-3-2-4-13(12)16/h5,7,9,12-13,16H,2-4,6,8H2,1H3. The molecule has 2 unspecified atom stereocenters. The molecule has 0 radical (unpaired) electrons. The molecule has 4 rings (SSSR count). The van der Waals surface area contributed by atoms with Gasteiger partial charge in [-0.1, -0.05) is 6.42 Å². The average molecular weight is 269 g/mol. The molecule has 0 saturated heterocycles. The first-order chi connectivity index (χ1) is 9.66. The van der Waals surface area contributed by atoms with E-state index in [0.717, 1.165) is 23.2 Å². The van der Waals surface area contributed by atoms with Crippen molar-refractivity contribution in [1.82, 2.24) is 0 Å². The molecule has 1 amide bonds. The summed E-state index contributed by atoms with van der Waals surface area (Å²) in [4.78, 5) is 26.0. The third-order valence-electron chi connectivity index (χ3n) is 5.42. The Morgan fingerprint density at radius 2 is 1.95 bits per heavy atom. The number of rotatable bonds is 2. The van der Waals surface area contributed by atoms with Gasteiger partial charge in [-0.25, -0.2) is 0 Å². The SMILES string of the molecule is CN1C(=O)CCc2cc(C(=O)C3C4CCCC43)ccc21. The Balaban J connectivity index is 1.61. The zero-order chi connectivity index (χ0) is 13.9. The highest BCUT2D eigenvalue weighted by atomic mass is 16.2. The van der Waals surface area contributed by atoms with E-state index in [0.29, 0.717) is 30.0 Å². The number of hydrogen-bond acceptors (Lipinski definition) is 2. The van der Waals surface area contributed by atoms with Crippen molar-refractivity contribution in [1.29, 1.82) is 0 Å². The highest BCUT2D eigenvalue weighted by Crippen LogP contribution is 2.58. The molecule has 104 valence electrons. The average Bonchev–Trinajstić information content (AvgIpc) is 2.94. The Labute approximate surface area is 119 Å². The molecule has 1 aliphatic heterocycles. The van der Waals surface area contributed by atoms with E-state index < -0.39 is 0 Å². The summed E-state index contributed by atoms with van der Waals surface area (Å²) < 4.78 is 0. The Kier molecular flexibility index (Phi) is 2.53. The van der Waals surface area contributed by atoms with Crippen LogP contribution in [0.15, 0.2) is 18.2 Å². The predicted molar refractivity (Wildman–Crippen MR) is 76.8 cm³/mol. The van der Waals surface area contributed by atoms with Crippen molar-refractivity contribution in [2.75, 3.05) is 11.9 Å². The molecule has 2 aliphatic carbocycles. The highest BCUT2D eigenvalue weighted by Gasteiger charge is 2.56. The molecule has 1 aromatic carbocycles. The third kappa shape index (κ3) is 1.65. The maximum Gasteiger partial charge on any atom is 0.227 e. The molecule has 2 atom stereocenters. The molecule has 2 fully saturated rings. The Hall–Kier alpha value is -1.64. The number of benzene rings is 1. The van der Waals surface area contributed by atoms with Gasteiger partial charge in [-0.05, 0) is 54.9 Å². The number of hydrogen-bond donors (Lipinski definition) is 0. The molecule has 1 aromatic rings. The molecule has 20 heavy (non-hydrogen) atoms. The van der Waals surface area contributed by atoms with Crippen LogP contribution < -0.4 is 4.90 Å². The lowest BCUT2D eigenvalue weighted by Gasteiger charge is -2.26. The van der Waals surface area contributed by atoms with E-state index in [9.17, 15) is 9.59 Å². The Morgan fingerprint density at radius 1 is 1.20 bits per heavy atom. The molecule has 0 N–H and O–H groups in total. The largest absolute Gasteiger partial charge is 0.315 e. The summed E-state index contributed by atoms with van der Waals surface area (Å²) in [5, 5.41) is 0. The number of aryl methyl sites for hydroxylation is 1. The zero-order valence-corrected chi connectivity index (χ0v) is 11.8. The topological polar surface area (TPSA) is 37.4 Å². The number of nitrogens with zero attached hydrogens (tertiary/aromatic N) is 1. The fourth-order valence-corrected chi connectivity index (χ4v) is 4.21. The van der Waals surface area contributed by atoms with Crippen molar-refractivity contribution in [3.63, 3.8) is 0 Å². The van der Waals surface area contributed by atoms with Crippen LogP contribution in [0.4, 0.5) is 5.69 Å². The van der Waals surface area contributed by atoms with E-state index in [2.05, 4.69) is 0 Å². The van der Waals surface area contributed by atoms with Crippen LogP contribution in [0, 0.1) is 17.8 Å².